The molecule has 4 rings (SSSR count). The highest BCUT2D eigenvalue weighted by atomic mass is 19.1. The van der Waals surface area contributed by atoms with Crippen molar-refractivity contribution in [1.82, 2.24) is 10.1 Å². The van der Waals surface area contributed by atoms with Crippen LogP contribution in [0.3, 0.4) is 0 Å². The maximum absolute atomic E-state index is 13.8. The summed E-state index contributed by atoms with van der Waals surface area (Å²) in [5, 5.41) is 4.05. The SMILES string of the molecule is O=C(c1ccccc1F)N1CCc2c(noc2-c2ccc(F)cc2)C1. The van der Waals surface area contributed by atoms with E-state index in [4.69, 9.17) is 4.52 Å². The number of nitrogens with zero attached hydrogens (tertiary/aromatic N) is 2. The molecule has 0 N–H and O–H groups in total. The second-order valence-corrected chi connectivity index (χ2v) is 5.90. The zero-order chi connectivity index (χ0) is 17.4. The molecule has 0 saturated carbocycles. The molecule has 0 bridgehead atoms. The number of amides is 1. The van der Waals surface area contributed by atoms with E-state index < -0.39 is 5.82 Å². The Bertz CT molecular complexity index is 935. The topological polar surface area (TPSA) is 46.3 Å². The lowest BCUT2D eigenvalue weighted by Crippen LogP contribution is -2.36. The minimum atomic E-state index is -0.537. The number of aromatic nitrogens is 1. The van der Waals surface area contributed by atoms with Crippen LogP contribution in [0.2, 0.25) is 0 Å². The van der Waals surface area contributed by atoms with Gasteiger partial charge in [-0.2, -0.15) is 0 Å². The molecule has 1 amide bonds. The molecule has 6 heteroatoms. The second-order valence-electron chi connectivity index (χ2n) is 5.90. The number of rotatable bonds is 2. The minimum absolute atomic E-state index is 0.0493. The molecule has 0 fully saturated rings. The van der Waals surface area contributed by atoms with Gasteiger partial charge in [-0.15, -0.1) is 0 Å². The van der Waals surface area contributed by atoms with Crippen molar-refractivity contribution in [3.63, 3.8) is 0 Å². The van der Waals surface area contributed by atoms with Crippen LogP contribution < -0.4 is 0 Å². The van der Waals surface area contributed by atoms with Gasteiger partial charge in [0.25, 0.3) is 5.91 Å². The van der Waals surface area contributed by atoms with Crippen LogP contribution in [-0.2, 0) is 13.0 Å². The third-order valence-electron chi connectivity index (χ3n) is 4.34. The molecule has 2 aromatic carbocycles. The molecule has 0 radical (unpaired) electrons. The summed E-state index contributed by atoms with van der Waals surface area (Å²) in [6, 6.07) is 11.9. The highest BCUT2D eigenvalue weighted by Crippen LogP contribution is 2.31. The number of hydrogen-bond donors (Lipinski definition) is 0. The highest BCUT2D eigenvalue weighted by molar-refractivity contribution is 5.94. The Labute approximate surface area is 142 Å². The van der Waals surface area contributed by atoms with Gasteiger partial charge in [-0.05, 0) is 42.8 Å². The fraction of sp³-hybridized carbons (Fsp3) is 0.158. The summed E-state index contributed by atoms with van der Waals surface area (Å²) < 4.78 is 32.3. The average Bonchev–Trinajstić information content (AvgIpc) is 3.05. The molecule has 4 nitrogen and oxygen atoms in total. The van der Waals surface area contributed by atoms with Gasteiger partial charge in [0.2, 0.25) is 0 Å². The first-order chi connectivity index (χ1) is 12.1. The summed E-state index contributed by atoms with van der Waals surface area (Å²) in [6.45, 7) is 0.697. The van der Waals surface area contributed by atoms with E-state index in [-0.39, 0.29) is 23.8 Å². The van der Waals surface area contributed by atoms with Gasteiger partial charge in [0.15, 0.2) is 5.76 Å². The number of halogens is 2. The molecule has 1 aliphatic rings. The van der Waals surface area contributed by atoms with Crippen molar-refractivity contribution in [1.29, 1.82) is 0 Å². The molecule has 2 heterocycles. The van der Waals surface area contributed by atoms with Gasteiger partial charge in [0, 0.05) is 17.7 Å². The predicted octanol–water partition coefficient (Wildman–Crippen LogP) is 3.82. The van der Waals surface area contributed by atoms with E-state index in [0.29, 0.717) is 24.4 Å². The van der Waals surface area contributed by atoms with E-state index >= 15 is 0 Å². The first-order valence-corrected chi connectivity index (χ1v) is 7.90. The van der Waals surface area contributed by atoms with Crippen LogP contribution in [0.4, 0.5) is 8.78 Å². The van der Waals surface area contributed by atoms with Gasteiger partial charge in [-0.1, -0.05) is 17.3 Å². The van der Waals surface area contributed by atoms with Gasteiger partial charge in [0.05, 0.1) is 12.1 Å². The molecule has 1 aliphatic heterocycles. The lowest BCUT2D eigenvalue weighted by atomic mass is 10.00. The van der Waals surface area contributed by atoms with Crippen molar-refractivity contribution < 1.29 is 18.1 Å². The largest absolute Gasteiger partial charge is 0.356 e. The van der Waals surface area contributed by atoms with Crippen LogP contribution in [0.15, 0.2) is 53.1 Å². The fourth-order valence-corrected chi connectivity index (χ4v) is 3.04. The van der Waals surface area contributed by atoms with Crippen molar-refractivity contribution >= 4 is 5.91 Å². The molecule has 3 aromatic rings. The number of benzene rings is 2. The Balaban J connectivity index is 1.60. The van der Waals surface area contributed by atoms with E-state index in [1.165, 1.54) is 24.3 Å². The summed E-state index contributed by atoms with van der Waals surface area (Å²) in [4.78, 5) is 14.1. The van der Waals surface area contributed by atoms with Gasteiger partial charge < -0.3 is 9.42 Å². The van der Waals surface area contributed by atoms with Gasteiger partial charge in [-0.3, -0.25) is 4.79 Å². The third-order valence-corrected chi connectivity index (χ3v) is 4.34. The maximum atomic E-state index is 13.8. The van der Waals surface area contributed by atoms with E-state index in [1.54, 1.807) is 29.2 Å². The third kappa shape index (κ3) is 2.80. The highest BCUT2D eigenvalue weighted by Gasteiger charge is 2.28. The monoisotopic (exact) mass is 340 g/mol. The lowest BCUT2D eigenvalue weighted by Gasteiger charge is -2.26. The Morgan fingerprint density at radius 1 is 1.08 bits per heavy atom. The second kappa shape index (κ2) is 6.12. The summed E-state index contributed by atoms with van der Waals surface area (Å²) in [5.74, 6) is -0.632. The molecule has 0 unspecified atom stereocenters. The van der Waals surface area contributed by atoms with Crippen LogP contribution in [0, 0.1) is 11.6 Å². The number of hydrogen-bond acceptors (Lipinski definition) is 3. The Hall–Kier alpha value is -3.02. The Morgan fingerprint density at radius 3 is 2.60 bits per heavy atom. The zero-order valence-corrected chi connectivity index (χ0v) is 13.2. The summed E-state index contributed by atoms with van der Waals surface area (Å²) >= 11 is 0. The fourth-order valence-electron chi connectivity index (χ4n) is 3.04. The van der Waals surface area contributed by atoms with Gasteiger partial charge in [0.1, 0.15) is 17.3 Å². The zero-order valence-electron chi connectivity index (χ0n) is 13.2. The molecule has 0 saturated heterocycles. The van der Waals surface area contributed by atoms with Crippen LogP contribution >= 0.6 is 0 Å². The van der Waals surface area contributed by atoms with Crippen LogP contribution in [-0.4, -0.2) is 22.5 Å². The van der Waals surface area contributed by atoms with Crippen molar-refractivity contribution in [2.45, 2.75) is 13.0 Å². The van der Waals surface area contributed by atoms with E-state index in [0.717, 1.165) is 11.1 Å². The number of carbonyl (C=O) groups is 1. The molecule has 1 aromatic heterocycles. The number of carbonyl (C=O) groups excluding carboxylic acids is 1. The molecule has 126 valence electrons. The summed E-state index contributed by atoms with van der Waals surface area (Å²) in [5.41, 5.74) is 2.34. The molecular formula is C19H14F2N2O2. The maximum Gasteiger partial charge on any atom is 0.257 e. The number of fused-ring (bicyclic) bond motifs is 1. The Kier molecular flexibility index (Phi) is 3.80. The summed E-state index contributed by atoms with van der Waals surface area (Å²) in [6.07, 6.45) is 0.547. The standard InChI is InChI=1S/C19H14F2N2O2/c20-13-7-5-12(6-8-13)18-15-9-10-23(11-17(15)22-25-18)19(24)14-3-1-2-4-16(14)21/h1-8H,9-11H2. The van der Waals surface area contributed by atoms with Gasteiger partial charge in [-0.25, -0.2) is 8.78 Å². The van der Waals surface area contributed by atoms with Crippen molar-refractivity contribution in [3.05, 3.63) is 77.0 Å². The first kappa shape index (κ1) is 15.5. The molecule has 0 aliphatic carbocycles. The smallest absolute Gasteiger partial charge is 0.257 e. The normalized spacial score (nSPS) is 13.6. The van der Waals surface area contributed by atoms with Crippen LogP contribution in [0.5, 0.6) is 0 Å². The van der Waals surface area contributed by atoms with Gasteiger partial charge >= 0.3 is 0 Å². The van der Waals surface area contributed by atoms with E-state index in [9.17, 15) is 13.6 Å². The van der Waals surface area contributed by atoms with Crippen molar-refractivity contribution in [2.75, 3.05) is 6.54 Å². The Morgan fingerprint density at radius 2 is 1.84 bits per heavy atom. The average molecular weight is 340 g/mol. The molecule has 0 spiro atoms. The van der Waals surface area contributed by atoms with Crippen LogP contribution in [0.25, 0.3) is 11.3 Å². The minimum Gasteiger partial charge on any atom is -0.356 e. The van der Waals surface area contributed by atoms with Crippen LogP contribution in [0.1, 0.15) is 21.6 Å². The van der Waals surface area contributed by atoms with Crippen molar-refractivity contribution in [3.8, 4) is 11.3 Å². The first-order valence-electron chi connectivity index (χ1n) is 7.90. The van der Waals surface area contributed by atoms with Crippen molar-refractivity contribution in [2.24, 2.45) is 0 Å². The molecular weight excluding hydrogens is 326 g/mol. The van der Waals surface area contributed by atoms with E-state index in [1.807, 2.05) is 0 Å². The molecule has 0 atom stereocenters. The molecule has 25 heavy (non-hydrogen) atoms. The predicted molar refractivity (Wildman–Crippen MR) is 86.7 cm³/mol. The summed E-state index contributed by atoms with van der Waals surface area (Å²) in [7, 11) is 0. The van der Waals surface area contributed by atoms with E-state index in [2.05, 4.69) is 5.16 Å². The lowest BCUT2D eigenvalue weighted by molar-refractivity contribution is 0.0727. The quantitative estimate of drug-likeness (QED) is 0.712.